The first-order chi connectivity index (χ1) is 8.74. The number of aliphatic hydroxyl groups excluding tert-OH is 1. The lowest BCUT2D eigenvalue weighted by atomic mass is 9.96. The lowest BCUT2D eigenvalue weighted by molar-refractivity contribution is 0.201. The van der Waals surface area contributed by atoms with Crippen molar-refractivity contribution in [1.29, 1.82) is 0 Å². The average Bonchev–Trinajstić information content (AvgIpc) is 2.27. The van der Waals surface area contributed by atoms with Gasteiger partial charge in [0.05, 0.1) is 6.10 Å². The summed E-state index contributed by atoms with van der Waals surface area (Å²) in [7, 11) is 1.93. The van der Waals surface area contributed by atoms with Gasteiger partial charge in [0.15, 0.2) is 0 Å². The molecule has 0 bridgehead atoms. The van der Waals surface area contributed by atoms with E-state index in [0.717, 1.165) is 24.0 Å². The molecule has 0 amide bonds. The summed E-state index contributed by atoms with van der Waals surface area (Å²) in [6.45, 7) is 11.5. The van der Waals surface area contributed by atoms with Crippen molar-refractivity contribution in [2.24, 2.45) is 0 Å². The summed E-state index contributed by atoms with van der Waals surface area (Å²) in [4.78, 5) is 11.1. The number of likely N-dealkylation sites (N-methyl/N-ethyl adjacent to an activating group) is 1. The van der Waals surface area contributed by atoms with Gasteiger partial charge in [-0.2, -0.15) is 0 Å². The van der Waals surface area contributed by atoms with E-state index in [1.54, 1.807) is 6.92 Å². The van der Waals surface area contributed by atoms with Crippen LogP contribution in [0.4, 0.5) is 11.6 Å². The van der Waals surface area contributed by atoms with Crippen molar-refractivity contribution in [3.63, 3.8) is 0 Å². The summed E-state index contributed by atoms with van der Waals surface area (Å²) >= 11 is 0. The second-order valence-corrected chi connectivity index (χ2v) is 5.94. The molecule has 1 unspecified atom stereocenters. The van der Waals surface area contributed by atoms with Crippen LogP contribution in [0.25, 0.3) is 0 Å². The van der Waals surface area contributed by atoms with Crippen molar-refractivity contribution in [2.45, 2.75) is 46.1 Å². The molecule has 1 aromatic rings. The van der Waals surface area contributed by atoms with Gasteiger partial charge in [0.25, 0.3) is 0 Å². The molecule has 1 rings (SSSR count). The van der Waals surface area contributed by atoms with Crippen LogP contribution < -0.4 is 10.2 Å². The summed E-state index contributed by atoms with van der Waals surface area (Å²) in [6.07, 6.45) is -0.388. The Morgan fingerprint density at radius 1 is 1.37 bits per heavy atom. The molecule has 1 atom stereocenters. The maximum atomic E-state index is 9.49. The van der Waals surface area contributed by atoms with Crippen molar-refractivity contribution in [3.05, 3.63) is 11.9 Å². The van der Waals surface area contributed by atoms with Crippen LogP contribution in [-0.2, 0) is 5.41 Å². The Labute approximate surface area is 116 Å². The van der Waals surface area contributed by atoms with Crippen molar-refractivity contribution in [1.82, 2.24) is 9.97 Å². The molecular formula is C14H26N4O. The Bertz CT molecular complexity index is 412. The molecule has 5 nitrogen and oxygen atoms in total. The van der Waals surface area contributed by atoms with E-state index in [0.29, 0.717) is 6.54 Å². The number of nitrogens with zero attached hydrogens (tertiary/aromatic N) is 3. The van der Waals surface area contributed by atoms with Crippen molar-refractivity contribution < 1.29 is 5.11 Å². The molecule has 1 aromatic heterocycles. The van der Waals surface area contributed by atoms with E-state index in [1.807, 2.05) is 24.9 Å². The van der Waals surface area contributed by atoms with Gasteiger partial charge in [0, 0.05) is 31.6 Å². The van der Waals surface area contributed by atoms with E-state index < -0.39 is 0 Å². The smallest absolute Gasteiger partial charge is 0.138 e. The Morgan fingerprint density at radius 3 is 2.47 bits per heavy atom. The summed E-state index contributed by atoms with van der Waals surface area (Å²) in [5.41, 5.74) is -0.105. The number of nitrogens with one attached hydrogen (secondary N) is 1. The summed E-state index contributed by atoms with van der Waals surface area (Å²) in [6, 6.07) is 1.92. The van der Waals surface area contributed by atoms with Gasteiger partial charge < -0.3 is 15.3 Å². The Hall–Kier alpha value is -1.36. The third-order valence-electron chi connectivity index (χ3n) is 2.67. The van der Waals surface area contributed by atoms with Crippen LogP contribution in [0.5, 0.6) is 0 Å². The second-order valence-electron chi connectivity index (χ2n) is 5.94. The molecule has 0 saturated heterocycles. The molecule has 2 N–H and O–H groups in total. The minimum atomic E-state index is -0.388. The highest BCUT2D eigenvalue weighted by Crippen LogP contribution is 2.23. The highest BCUT2D eigenvalue weighted by molar-refractivity contribution is 5.49. The molecular weight excluding hydrogens is 240 g/mol. The van der Waals surface area contributed by atoms with E-state index in [-0.39, 0.29) is 11.5 Å². The Balaban J connectivity index is 3.12. The molecule has 0 aliphatic heterocycles. The fourth-order valence-electron chi connectivity index (χ4n) is 1.73. The highest BCUT2D eigenvalue weighted by atomic mass is 16.3. The number of hydrogen-bond acceptors (Lipinski definition) is 5. The van der Waals surface area contributed by atoms with E-state index in [9.17, 15) is 5.11 Å². The van der Waals surface area contributed by atoms with Gasteiger partial charge >= 0.3 is 0 Å². The molecule has 0 aliphatic carbocycles. The minimum Gasteiger partial charge on any atom is -0.392 e. The van der Waals surface area contributed by atoms with Gasteiger partial charge in [0.2, 0.25) is 0 Å². The number of aromatic nitrogens is 2. The van der Waals surface area contributed by atoms with E-state index >= 15 is 0 Å². The number of aliphatic hydroxyl groups is 1. The molecule has 1 heterocycles. The molecule has 19 heavy (non-hydrogen) atoms. The zero-order chi connectivity index (χ0) is 14.6. The summed E-state index contributed by atoms with van der Waals surface area (Å²) in [5, 5.41) is 12.7. The summed E-state index contributed by atoms with van der Waals surface area (Å²) < 4.78 is 0. The first kappa shape index (κ1) is 15.7. The molecule has 0 radical (unpaired) electrons. The third-order valence-corrected chi connectivity index (χ3v) is 2.67. The van der Waals surface area contributed by atoms with Gasteiger partial charge in [0.1, 0.15) is 17.5 Å². The Morgan fingerprint density at radius 2 is 2.00 bits per heavy atom. The average molecular weight is 266 g/mol. The molecule has 0 fully saturated rings. The maximum Gasteiger partial charge on any atom is 0.138 e. The third kappa shape index (κ3) is 4.67. The SMILES string of the molecule is CCNc1cc(N(C)CC(C)O)nc(C(C)(C)C)n1. The minimum absolute atomic E-state index is 0.105. The van der Waals surface area contributed by atoms with E-state index in [1.165, 1.54) is 0 Å². The molecule has 5 heteroatoms. The van der Waals surface area contributed by atoms with Crippen LogP contribution in [0.1, 0.15) is 40.4 Å². The molecule has 0 aliphatic rings. The number of anilines is 2. The molecule has 0 saturated carbocycles. The molecule has 0 aromatic carbocycles. The maximum absolute atomic E-state index is 9.49. The zero-order valence-electron chi connectivity index (χ0n) is 12.9. The highest BCUT2D eigenvalue weighted by Gasteiger charge is 2.20. The van der Waals surface area contributed by atoms with Crippen molar-refractivity contribution >= 4 is 11.6 Å². The normalized spacial score (nSPS) is 13.2. The predicted molar refractivity (Wildman–Crippen MR) is 79.8 cm³/mol. The van der Waals surface area contributed by atoms with Crippen molar-refractivity contribution in [3.8, 4) is 0 Å². The van der Waals surface area contributed by atoms with Crippen LogP contribution >= 0.6 is 0 Å². The fourth-order valence-corrected chi connectivity index (χ4v) is 1.73. The monoisotopic (exact) mass is 266 g/mol. The topological polar surface area (TPSA) is 61.3 Å². The first-order valence-corrected chi connectivity index (χ1v) is 6.76. The van der Waals surface area contributed by atoms with Crippen LogP contribution in [0.15, 0.2) is 6.07 Å². The predicted octanol–water partition coefficient (Wildman–Crippen LogP) is 2.02. The molecule has 108 valence electrons. The fraction of sp³-hybridized carbons (Fsp3) is 0.714. The van der Waals surface area contributed by atoms with E-state index in [2.05, 4.69) is 36.1 Å². The largest absolute Gasteiger partial charge is 0.392 e. The first-order valence-electron chi connectivity index (χ1n) is 6.76. The second kappa shape index (κ2) is 6.19. The zero-order valence-corrected chi connectivity index (χ0v) is 12.9. The lowest BCUT2D eigenvalue weighted by Gasteiger charge is -2.24. The van der Waals surface area contributed by atoms with Gasteiger partial charge in [-0.3, -0.25) is 0 Å². The summed E-state index contributed by atoms with van der Waals surface area (Å²) in [5.74, 6) is 2.46. The van der Waals surface area contributed by atoms with Crippen molar-refractivity contribution in [2.75, 3.05) is 30.4 Å². The van der Waals surface area contributed by atoms with Gasteiger partial charge in [-0.25, -0.2) is 9.97 Å². The van der Waals surface area contributed by atoms with Crippen LogP contribution in [-0.4, -0.2) is 41.3 Å². The Kier molecular flexibility index (Phi) is 5.11. The van der Waals surface area contributed by atoms with Gasteiger partial charge in [-0.1, -0.05) is 20.8 Å². The lowest BCUT2D eigenvalue weighted by Crippen LogP contribution is -2.29. The number of rotatable bonds is 5. The van der Waals surface area contributed by atoms with Gasteiger partial charge in [-0.15, -0.1) is 0 Å². The van der Waals surface area contributed by atoms with E-state index in [4.69, 9.17) is 0 Å². The quantitative estimate of drug-likeness (QED) is 0.854. The number of hydrogen-bond donors (Lipinski definition) is 2. The van der Waals surface area contributed by atoms with Gasteiger partial charge in [-0.05, 0) is 13.8 Å². The van der Waals surface area contributed by atoms with Crippen LogP contribution in [0.3, 0.4) is 0 Å². The standard InChI is InChI=1S/C14H26N4O/c1-7-15-11-8-12(18(6)9-10(2)19)17-13(16-11)14(3,4)5/h8,10,19H,7,9H2,1-6H3,(H,15,16,17). The molecule has 0 spiro atoms. The van der Waals surface area contributed by atoms with Crippen LogP contribution in [0.2, 0.25) is 0 Å². The van der Waals surface area contributed by atoms with Crippen LogP contribution in [0, 0.1) is 0 Å².